The van der Waals surface area contributed by atoms with E-state index in [0.717, 1.165) is 31.4 Å². The van der Waals surface area contributed by atoms with Crippen molar-refractivity contribution in [1.82, 2.24) is 5.32 Å². The van der Waals surface area contributed by atoms with E-state index in [1.54, 1.807) is 0 Å². The fourth-order valence-corrected chi connectivity index (χ4v) is 2.77. The first-order valence-electron chi connectivity index (χ1n) is 7.91. The molecular formula is C17H26N2O2. The highest BCUT2D eigenvalue weighted by Crippen LogP contribution is 2.26. The molecule has 1 saturated carbocycles. The lowest BCUT2D eigenvalue weighted by Crippen LogP contribution is -2.47. The van der Waals surface area contributed by atoms with Crippen LogP contribution in [0.2, 0.25) is 0 Å². The lowest BCUT2D eigenvalue weighted by Gasteiger charge is -2.28. The van der Waals surface area contributed by atoms with Gasteiger partial charge in [-0.05, 0) is 31.9 Å². The smallest absolute Gasteiger partial charge is 0.241 e. The zero-order valence-corrected chi connectivity index (χ0v) is 12.8. The molecular weight excluding hydrogens is 264 g/mol. The number of hydrogen-bond acceptors (Lipinski definition) is 3. The molecule has 0 aliphatic heterocycles. The van der Waals surface area contributed by atoms with Crippen molar-refractivity contribution in [3.63, 3.8) is 0 Å². The Hall–Kier alpha value is -1.39. The van der Waals surface area contributed by atoms with Gasteiger partial charge in [0, 0.05) is 12.2 Å². The van der Waals surface area contributed by atoms with E-state index in [-0.39, 0.29) is 11.9 Å². The van der Waals surface area contributed by atoms with E-state index >= 15 is 0 Å². The summed E-state index contributed by atoms with van der Waals surface area (Å²) in [6, 6.07) is 9.10. The lowest BCUT2D eigenvalue weighted by molar-refractivity contribution is -0.118. The number of carbonyl (C=O) groups excluding carboxylic acids is 1. The van der Waals surface area contributed by atoms with E-state index in [9.17, 15) is 9.90 Å². The van der Waals surface area contributed by atoms with Crippen LogP contribution in [0.25, 0.3) is 0 Å². The molecule has 4 heteroatoms. The highest BCUT2D eigenvalue weighted by atomic mass is 16.3. The normalized spacial score (nSPS) is 19.5. The monoisotopic (exact) mass is 290 g/mol. The van der Waals surface area contributed by atoms with Gasteiger partial charge >= 0.3 is 0 Å². The summed E-state index contributed by atoms with van der Waals surface area (Å²) in [5.41, 5.74) is 0.141. The summed E-state index contributed by atoms with van der Waals surface area (Å²) in [7, 11) is 0. The van der Waals surface area contributed by atoms with Crippen molar-refractivity contribution >= 4 is 11.6 Å². The van der Waals surface area contributed by atoms with Crippen LogP contribution in [-0.4, -0.2) is 29.2 Å². The van der Waals surface area contributed by atoms with Gasteiger partial charge in [-0.1, -0.05) is 43.9 Å². The molecule has 1 aliphatic rings. The van der Waals surface area contributed by atoms with Gasteiger partial charge in [0.25, 0.3) is 0 Å². The van der Waals surface area contributed by atoms with Gasteiger partial charge in [-0.15, -0.1) is 0 Å². The molecule has 1 atom stereocenters. The number of aliphatic hydroxyl groups is 1. The summed E-state index contributed by atoms with van der Waals surface area (Å²) < 4.78 is 0. The van der Waals surface area contributed by atoms with Crippen molar-refractivity contribution in [2.45, 2.75) is 57.1 Å². The minimum Gasteiger partial charge on any atom is -0.389 e. The predicted molar refractivity (Wildman–Crippen MR) is 85.2 cm³/mol. The predicted octanol–water partition coefficient (Wildman–Crippen LogP) is 2.69. The average molecular weight is 290 g/mol. The maximum absolute atomic E-state index is 12.1. The van der Waals surface area contributed by atoms with Crippen LogP contribution >= 0.6 is 0 Å². The Kier molecular flexibility index (Phi) is 5.76. The average Bonchev–Trinajstić information content (AvgIpc) is 2.71. The van der Waals surface area contributed by atoms with Gasteiger partial charge < -0.3 is 15.7 Å². The van der Waals surface area contributed by atoms with E-state index in [2.05, 4.69) is 10.6 Å². The van der Waals surface area contributed by atoms with Gasteiger partial charge in [0.2, 0.25) is 5.91 Å². The quantitative estimate of drug-likeness (QED) is 0.731. The number of amides is 1. The Morgan fingerprint density at radius 3 is 2.43 bits per heavy atom. The summed E-state index contributed by atoms with van der Waals surface area (Å²) in [6.07, 6.45) is 6.20. The van der Waals surface area contributed by atoms with Crippen LogP contribution in [0, 0.1) is 0 Å². The molecule has 3 N–H and O–H groups in total. The number of rotatable bonds is 5. The van der Waals surface area contributed by atoms with E-state index in [1.165, 1.54) is 12.8 Å². The summed E-state index contributed by atoms with van der Waals surface area (Å²) in [5, 5.41) is 16.6. The summed E-state index contributed by atoms with van der Waals surface area (Å²) in [5.74, 6) is -0.0709. The van der Waals surface area contributed by atoms with Gasteiger partial charge in [-0.2, -0.15) is 0 Å². The third-order valence-corrected chi connectivity index (χ3v) is 4.21. The van der Waals surface area contributed by atoms with Crippen LogP contribution < -0.4 is 10.6 Å². The van der Waals surface area contributed by atoms with Crippen molar-refractivity contribution in [1.29, 1.82) is 0 Å². The van der Waals surface area contributed by atoms with Gasteiger partial charge in [-0.3, -0.25) is 4.79 Å². The molecule has 0 spiro atoms. The topological polar surface area (TPSA) is 61.4 Å². The van der Waals surface area contributed by atoms with Crippen LogP contribution in [0.1, 0.15) is 45.4 Å². The zero-order valence-electron chi connectivity index (χ0n) is 12.8. The van der Waals surface area contributed by atoms with Crippen molar-refractivity contribution in [3.05, 3.63) is 30.3 Å². The summed E-state index contributed by atoms with van der Waals surface area (Å²) in [6.45, 7) is 2.31. The second kappa shape index (κ2) is 7.57. The number of anilines is 1. The molecule has 0 saturated heterocycles. The van der Waals surface area contributed by atoms with Crippen molar-refractivity contribution < 1.29 is 9.90 Å². The molecule has 0 radical (unpaired) electrons. The van der Waals surface area contributed by atoms with E-state index in [1.807, 2.05) is 37.3 Å². The first-order chi connectivity index (χ1) is 10.1. The maximum Gasteiger partial charge on any atom is 0.241 e. The van der Waals surface area contributed by atoms with Gasteiger partial charge in [-0.25, -0.2) is 0 Å². The van der Waals surface area contributed by atoms with Crippen LogP contribution in [0.5, 0.6) is 0 Å². The largest absolute Gasteiger partial charge is 0.389 e. The van der Waals surface area contributed by atoms with Crippen molar-refractivity contribution in [2.75, 3.05) is 11.9 Å². The minimum absolute atomic E-state index is 0.0709. The number of hydrogen-bond donors (Lipinski definition) is 3. The van der Waals surface area contributed by atoms with Gasteiger partial charge in [0.05, 0.1) is 11.6 Å². The highest BCUT2D eigenvalue weighted by molar-refractivity contribution is 5.94. The summed E-state index contributed by atoms with van der Waals surface area (Å²) in [4.78, 5) is 12.1. The first-order valence-corrected chi connectivity index (χ1v) is 7.91. The van der Waals surface area contributed by atoms with Crippen LogP contribution in [0.3, 0.4) is 0 Å². The molecule has 1 aliphatic carbocycles. The Bertz CT molecular complexity index is 439. The summed E-state index contributed by atoms with van der Waals surface area (Å²) >= 11 is 0. The Morgan fingerprint density at radius 2 is 1.81 bits per heavy atom. The Morgan fingerprint density at radius 1 is 1.19 bits per heavy atom. The van der Waals surface area contributed by atoms with E-state index in [4.69, 9.17) is 0 Å². The maximum atomic E-state index is 12.1. The molecule has 0 bridgehead atoms. The highest BCUT2D eigenvalue weighted by Gasteiger charge is 2.28. The SMILES string of the molecule is CC(NCC1(O)CCCCCC1)C(=O)Nc1ccccc1. The third kappa shape index (κ3) is 5.14. The fourth-order valence-electron chi connectivity index (χ4n) is 2.77. The minimum atomic E-state index is -0.655. The molecule has 1 fully saturated rings. The second-order valence-electron chi connectivity index (χ2n) is 6.10. The Labute approximate surface area is 126 Å². The van der Waals surface area contributed by atoms with Gasteiger partial charge in [0.1, 0.15) is 0 Å². The van der Waals surface area contributed by atoms with E-state index in [0.29, 0.717) is 6.54 Å². The first kappa shape index (κ1) is 16.0. The van der Waals surface area contributed by atoms with Crippen molar-refractivity contribution in [3.8, 4) is 0 Å². The number of para-hydroxylation sites is 1. The molecule has 2 rings (SSSR count). The molecule has 116 valence electrons. The number of benzene rings is 1. The Balaban J connectivity index is 1.80. The molecule has 0 aromatic heterocycles. The molecule has 0 heterocycles. The molecule has 1 aromatic carbocycles. The van der Waals surface area contributed by atoms with Gasteiger partial charge in [0.15, 0.2) is 0 Å². The molecule has 1 amide bonds. The molecule has 1 unspecified atom stereocenters. The second-order valence-corrected chi connectivity index (χ2v) is 6.10. The number of carbonyl (C=O) groups is 1. The zero-order chi connectivity index (χ0) is 15.1. The van der Waals surface area contributed by atoms with Crippen LogP contribution in [0.15, 0.2) is 30.3 Å². The molecule has 4 nitrogen and oxygen atoms in total. The number of nitrogens with one attached hydrogen (secondary N) is 2. The fraction of sp³-hybridized carbons (Fsp3) is 0.588. The van der Waals surface area contributed by atoms with Crippen LogP contribution in [0.4, 0.5) is 5.69 Å². The lowest BCUT2D eigenvalue weighted by atomic mass is 9.94. The van der Waals surface area contributed by atoms with E-state index < -0.39 is 5.60 Å². The van der Waals surface area contributed by atoms with Crippen LogP contribution in [-0.2, 0) is 4.79 Å². The molecule has 1 aromatic rings. The standard InChI is InChI=1S/C17H26N2O2/c1-14(16(20)19-15-9-5-4-6-10-15)18-13-17(21)11-7-2-3-8-12-17/h4-6,9-10,14,18,21H,2-3,7-8,11-13H2,1H3,(H,19,20). The molecule has 21 heavy (non-hydrogen) atoms. The third-order valence-electron chi connectivity index (χ3n) is 4.21. The van der Waals surface area contributed by atoms with Crippen molar-refractivity contribution in [2.24, 2.45) is 0 Å².